The van der Waals surface area contributed by atoms with Crippen molar-refractivity contribution < 1.29 is 9.21 Å². The highest BCUT2D eigenvalue weighted by Crippen LogP contribution is 2.29. The van der Waals surface area contributed by atoms with Gasteiger partial charge in [0.1, 0.15) is 5.76 Å². The van der Waals surface area contributed by atoms with Crippen LogP contribution in [-0.2, 0) is 11.2 Å². The van der Waals surface area contributed by atoms with Gasteiger partial charge in [-0.2, -0.15) is 0 Å². The van der Waals surface area contributed by atoms with E-state index in [1.165, 1.54) is 25.8 Å². The lowest BCUT2D eigenvalue weighted by Crippen LogP contribution is -2.47. The van der Waals surface area contributed by atoms with Crippen LogP contribution in [0.15, 0.2) is 22.8 Å². The van der Waals surface area contributed by atoms with E-state index in [0.29, 0.717) is 24.4 Å². The molecule has 2 atom stereocenters. The molecule has 0 aliphatic carbocycles. The second-order valence-electron chi connectivity index (χ2n) is 6.07. The van der Waals surface area contributed by atoms with Gasteiger partial charge in [-0.1, -0.05) is 0 Å². The number of aryl methyl sites for hydroxylation is 1. The molecular weight excluding hydrogens is 252 g/mol. The first-order valence-electron chi connectivity index (χ1n) is 7.78. The first-order valence-corrected chi connectivity index (χ1v) is 7.78. The highest BCUT2D eigenvalue weighted by Gasteiger charge is 2.37. The molecule has 2 fully saturated rings. The van der Waals surface area contributed by atoms with Crippen LogP contribution in [0.1, 0.15) is 37.9 Å². The largest absolute Gasteiger partial charge is 0.469 e. The van der Waals surface area contributed by atoms with Gasteiger partial charge in [0.2, 0.25) is 5.91 Å². The van der Waals surface area contributed by atoms with Crippen LogP contribution in [0.3, 0.4) is 0 Å². The first-order chi connectivity index (χ1) is 9.75. The Morgan fingerprint density at radius 1 is 1.30 bits per heavy atom. The van der Waals surface area contributed by atoms with Crippen LogP contribution in [0.2, 0.25) is 0 Å². The summed E-state index contributed by atoms with van der Waals surface area (Å²) in [4.78, 5) is 17.0. The minimum absolute atomic E-state index is 0.296. The molecular formula is C16H24N2O2. The van der Waals surface area contributed by atoms with E-state index in [1.54, 1.807) is 6.26 Å². The SMILES string of the molecule is CN1CCC[C@@H]1[C@H]1CCCN1C(=O)CCc1ccco1. The van der Waals surface area contributed by atoms with Gasteiger partial charge in [-0.3, -0.25) is 4.79 Å². The minimum atomic E-state index is 0.296. The molecule has 0 N–H and O–H groups in total. The Morgan fingerprint density at radius 2 is 2.10 bits per heavy atom. The number of carbonyl (C=O) groups is 1. The molecule has 0 radical (unpaired) electrons. The number of rotatable bonds is 4. The molecule has 0 unspecified atom stereocenters. The molecule has 0 bridgehead atoms. The Labute approximate surface area is 120 Å². The van der Waals surface area contributed by atoms with Crippen LogP contribution in [0, 0.1) is 0 Å². The van der Waals surface area contributed by atoms with Crippen molar-refractivity contribution in [2.24, 2.45) is 0 Å². The number of likely N-dealkylation sites (N-methyl/N-ethyl adjacent to an activating group) is 1. The number of furan rings is 1. The normalized spacial score (nSPS) is 27.4. The van der Waals surface area contributed by atoms with E-state index in [0.717, 1.165) is 25.1 Å². The van der Waals surface area contributed by atoms with E-state index >= 15 is 0 Å². The van der Waals surface area contributed by atoms with Crippen LogP contribution < -0.4 is 0 Å². The Hall–Kier alpha value is -1.29. The maximum Gasteiger partial charge on any atom is 0.223 e. The molecule has 0 spiro atoms. The monoisotopic (exact) mass is 276 g/mol. The van der Waals surface area contributed by atoms with Gasteiger partial charge in [-0.15, -0.1) is 0 Å². The molecule has 3 heterocycles. The fraction of sp³-hybridized carbons (Fsp3) is 0.688. The summed E-state index contributed by atoms with van der Waals surface area (Å²) in [6.45, 7) is 2.11. The first kappa shape index (κ1) is 13.7. The summed E-state index contributed by atoms with van der Waals surface area (Å²) >= 11 is 0. The second kappa shape index (κ2) is 6.00. The van der Waals surface area contributed by atoms with E-state index in [9.17, 15) is 4.79 Å². The molecule has 3 rings (SSSR count). The van der Waals surface area contributed by atoms with E-state index in [-0.39, 0.29) is 0 Å². The van der Waals surface area contributed by atoms with Crippen molar-refractivity contribution in [3.63, 3.8) is 0 Å². The van der Waals surface area contributed by atoms with Crippen LogP contribution >= 0.6 is 0 Å². The number of nitrogens with zero attached hydrogens (tertiary/aromatic N) is 2. The quantitative estimate of drug-likeness (QED) is 0.846. The highest BCUT2D eigenvalue weighted by molar-refractivity contribution is 5.77. The lowest BCUT2D eigenvalue weighted by Gasteiger charge is -2.33. The van der Waals surface area contributed by atoms with Crippen molar-refractivity contribution in [3.8, 4) is 0 Å². The summed E-state index contributed by atoms with van der Waals surface area (Å²) in [5.74, 6) is 1.20. The van der Waals surface area contributed by atoms with Crippen molar-refractivity contribution in [1.29, 1.82) is 0 Å². The lowest BCUT2D eigenvalue weighted by atomic mass is 10.0. The second-order valence-corrected chi connectivity index (χ2v) is 6.07. The maximum absolute atomic E-state index is 12.5. The van der Waals surface area contributed by atoms with Crippen LogP contribution in [-0.4, -0.2) is 47.9 Å². The summed E-state index contributed by atoms with van der Waals surface area (Å²) in [5, 5.41) is 0. The van der Waals surface area contributed by atoms with E-state index < -0.39 is 0 Å². The molecule has 110 valence electrons. The topological polar surface area (TPSA) is 36.7 Å². The van der Waals surface area contributed by atoms with Crippen molar-refractivity contribution in [3.05, 3.63) is 24.2 Å². The van der Waals surface area contributed by atoms with Gasteiger partial charge >= 0.3 is 0 Å². The number of hydrogen-bond donors (Lipinski definition) is 0. The molecule has 1 amide bonds. The van der Waals surface area contributed by atoms with Crippen molar-refractivity contribution in [1.82, 2.24) is 9.80 Å². The number of likely N-dealkylation sites (tertiary alicyclic amines) is 2. The summed E-state index contributed by atoms with van der Waals surface area (Å²) < 4.78 is 5.31. The van der Waals surface area contributed by atoms with Gasteiger partial charge < -0.3 is 14.2 Å². The molecule has 4 heteroatoms. The summed E-state index contributed by atoms with van der Waals surface area (Å²) in [7, 11) is 2.20. The summed E-state index contributed by atoms with van der Waals surface area (Å²) in [6, 6.07) is 4.84. The van der Waals surface area contributed by atoms with Crippen LogP contribution in [0.25, 0.3) is 0 Å². The maximum atomic E-state index is 12.5. The number of amides is 1. The Balaban J connectivity index is 1.58. The molecule has 20 heavy (non-hydrogen) atoms. The fourth-order valence-electron chi connectivity index (χ4n) is 3.75. The number of carbonyl (C=O) groups excluding carboxylic acids is 1. The number of hydrogen-bond acceptors (Lipinski definition) is 3. The molecule has 0 aromatic carbocycles. The molecule has 0 saturated carbocycles. The molecule has 2 aliphatic rings. The third-order valence-corrected chi connectivity index (χ3v) is 4.81. The van der Waals surface area contributed by atoms with Gasteiger partial charge in [-0.05, 0) is 51.4 Å². The van der Waals surface area contributed by atoms with E-state index in [4.69, 9.17) is 4.42 Å². The van der Waals surface area contributed by atoms with Crippen LogP contribution in [0.4, 0.5) is 0 Å². The Kier molecular flexibility index (Phi) is 4.10. The molecule has 2 aliphatic heterocycles. The fourth-order valence-corrected chi connectivity index (χ4v) is 3.75. The third-order valence-electron chi connectivity index (χ3n) is 4.81. The smallest absolute Gasteiger partial charge is 0.223 e. The summed E-state index contributed by atoms with van der Waals surface area (Å²) in [6.07, 6.45) is 7.79. The minimum Gasteiger partial charge on any atom is -0.469 e. The standard InChI is InChI=1S/C16H24N2O2/c1-17-10-2-6-14(17)15-7-3-11-18(15)16(19)9-8-13-5-4-12-20-13/h4-5,12,14-15H,2-3,6-11H2,1H3/t14-,15-/m1/s1. The molecule has 2 saturated heterocycles. The molecule has 1 aromatic rings. The zero-order chi connectivity index (χ0) is 13.9. The predicted molar refractivity (Wildman–Crippen MR) is 77.4 cm³/mol. The highest BCUT2D eigenvalue weighted by atomic mass is 16.3. The average molecular weight is 276 g/mol. The van der Waals surface area contributed by atoms with E-state index in [1.807, 2.05) is 12.1 Å². The lowest BCUT2D eigenvalue weighted by molar-refractivity contribution is -0.133. The van der Waals surface area contributed by atoms with Gasteiger partial charge in [0.25, 0.3) is 0 Å². The zero-order valence-electron chi connectivity index (χ0n) is 12.3. The van der Waals surface area contributed by atoms with Crippen molar-refractivity contribution in [2.45, 2.75) is 50.6 Å². The van der Waals surface area contributed by atoms with Gasteiger partial charge in [-0.25, -0.2) is 0 Å². The zero-order valence-corrected chi connectivity index (χ0v) is 12.3. The van der Waals surface area contributed by atoms with Gasteiger partial charge in [0.15, 0.2) is 0 Å². The molecule has 4 nitrogen and oxygen atoms in total. The van der Waals surface area contributed by atoms with E-state index in [2.05, 4.69) is 16.8 Å². The van der Waals surface area contributed by atoms with Gasteiger partial charge in [0, 0.05) is 31.5 Å². The van der Waals surface area contributed by atoms with Crippen LogP contribution in [0.5, 0.6) is 0 Å². The van der Waals surface area contributed by atoms with Crippen molar-refractivity contribution in [2.75, 3.05) is 20.1 Å². The van der Waals surface area contributed by atoms with Gasteiger partial charge in [0.05, 0.1) is 6.26 Å². The average Bonchev–Trinajstić information content (AvgIpc) is 3.16. The summed E-state index contributed by atoms with van der Waals surface area (Å²) in [5.41, 5.74) is 0. The predicted octanol–water partition coefficient (Wildman–Crippen LogP) is 2.30. The van der Waals surface area contributed by atoms with Crippen molar-refractivity contribution >= 4 is 5.91 Å². The third kappa shape index (κ3) is 2.75. The Bertz CT molecular complexity index is 443. The Morgan fingerprint density at radius 3 is 2.80 bits per heavy atom. The molecule has 1 aromatic heterocycles.